The van der Waals surface area contributed by atoms with Crippen molar-refractivity contribution in [2.24, 2.45) is 0 Å². The van der Waals surface area contributed by atoms with E-state index in [0.29, 0.717) is 29.3 Å². The van der Waals surface area contributed by atoms with E-state index in [0.717, 1.165) is 24.3 Å². The van der Waals surface area contributed by atoms with E-state index in [9.17, 15) is 9.18 Å². The summed E-state index contributed by atoms with van der Waals surface area (Å²) in [6, 6.07) is 17.6. The number of para-hydroxylation sites is 1. The second-order valence-electron chi connectivity index (χ2n) is 7.41. The van der Waals surface area contributed by atoms with Crippen LogP contribution in [0.15, 0.2) is 71.7 Å². The van der Waals surface area contributed by atoms with Crippen LogP contribution in [-0.2, 0) is 13.1 Å². The first kappa shape index (κ1) is 19.0. The quantitative estimate of drug-likeness (QED) is 0.502. The van der Waals surface area contributed by atoms with Crippen molar-refractivity contribution in [3.63, 3.8) is 0 Å². The Labute approximate surface area is 178 Å². The van der Waals surface area contributed by atoms with Crippen LogP contribution in [0.2, 0.25) is 0 Å². The Hall–Kier alpha value is -3.94. The van der Waals surface area contributed by atoms with Gasteiger partial charge in [-0.1, -0.05) is 30.3 Å². The fraction of sp³-hybridized carbons (Fsp3) is 0.174. The summed E-state index contributed by atoms with van der Waals surface area (Å²) in [5.41, 5.74) is 6.61. The molecule has 0 amide bonds. The standard InChI is InChI=1S/C23H21FN6O/c1-28(18-6-3-2-4-7-18)27-23-25-13-12-19(26-23)21-20(16-8-10-17(24)11-9-16)22(31)30-15-5-14-29(21)30/h2-4,6-13H,5,14-15H2,1H3,(H,25,26,27). The topological polar surface area (TPSA) is 68.0 Å². The van der Waals surface area contributed by atoms with Crippen molar-refractivity contribution in [3.8, 4) is 22.5 Å². The van der Waals surface area contributed by atoms with Gasteiger partial charge in [0.2, 0.25) is 5.95 Å². The fourth-order valence-electron chi connectivity index (χ4n) is 3.96. The maximum absolute atomic E-state index is 13.5. The van der Waals surface area contributed by atoms with Crippen molar-refractivity contribution in [3.05, 3.63) is 83.0 Å². The number of aromatic nitrogens is 4. The first-order chi connectivity index (χ1) is 15.1. The highest BCUT2D eigenvalue weighted by Crippen LogP contribution is 2.31. The molecule has 0 atom stereocenters. The summed E-state index contributed by atoms with van der Waals surface area (Å²) in [7, 11) is 1.88. The van der Waals surface area contributed by atoms with Gasteiger partial charge in [-0.05, 0) is 42.3 Å². The van der Waals surface area contributed by atoms with Crippen molar-refractivity contribution >= 4 is 11.6 Å². The normalized spacial score (nSPS) is 12.6. The first-order valence-corrected chi connectivity index (χ1v) is 10.1. The predicted octanol–water partition coefficient (Wildman–Crippen LogP) is 3.78. The van der Waals surface area contributed by atoms with Crippen LogP contribution in [0.4, 0.5) is 16.0 Å². The number of rotatable bonds is 5. The minimum Gasteiger partial charge on any atom is -0.288 e. The number of hydrogen-bond acceptors (Lipinski definition) is 5. The average molecular weight is 416 g/mol. The lowest BCUT2D eigenvalue weighted by molar-refractivity contribution is 0.599. The van der Waals surface area contributed by atoms with Gasteiger partial charge >= 0.3 is 0 Å². The van der Waals surface area contributed by atoms with E-state index >= 15 is 0 Å². The monoisotopic (exact) mass is 416 g/mol. The largest absolute Gasteiger partial charge is 0.288 e. The number of nitrogens with one attached hydrogen (secondary N) is 1. The summed E-state index contributed by atoms with van der Waals surface area (Å²) >= 11 is 0. The third-order valence-electron chi connectivity index (χ3n) is 5.42. The minimum absolute atomic E-state index is 0.0892. The number of benzene rings is 2. The molecule has 2 aromatic carbocycles. The van der Waals surface area contributed by atoms with E-state index in [2.05, 4.69) is 10.4 Å². The van der Waals surface area contributed by atoms with Crippen LogP contribution in [0.1, 0.15) is 6.42 Å². The molecule has 2 aromatic heterocycles. The highest BCUT2D eigenvalue weighted by Gasteiger charge is 2.26. The number of fused-ring (bicyclic) bond motifs is 1. The van der Waals surface area contributed by atoms with Gasteiger partial charge in [0, 0.05) is 26.3 Å². The lowest BCUT2D eigenvalue weighted by atomic mass is 10.0. The molecule has 0 unspecified atom stereocenters. The van der Waals surface area contributed by atoms with E-state index in [1.165, 1.54) is 12.1 Å². The third kappa shape index (κ3) is 3.46. The molecular formula is C23H21FN6O. The number of halogens is 1. The Morgan fingerprint density at radius 3 is 2.52 bits per heavy atom. The molecule has 4 aromatic rings. The first-order valence-electron chi connectivity index (χ1n) is 10.1. The molecule has 0 bridgehead atoms. The van der Waals surface area contributed by atoms with E-state index in [-0.39, 0.29) is 11.4 Å². The summed E-state index contributed by atoms with van der Waals surface area (Å²) in [6.45, 7) is 1.38. The van der Waals surface area contributed by atoms with Crippen LogP contribution < -0.4 is 16.0 Å². The van der Waals surface area contributed by atoms with Crippen molar-refractivity contribution in [2.45, 2.75) is 19.5 Å². The Bertz CT molecular complexity index is 1280. The molecule has 0 fully saturated rings. The Balaban J connectivity index is 1.58. The molecule has 5 rings (SSSR count). The lowest BCUT2D eigenvalue weighted by Gasteiger charge is -2.20. The Morgan fingerprint density at radius 2 is 1.74 bits per heavy atom. The summed E-state index contributed by atoms with van der Waals surface area (Å²) in [5, 5.41) is 1.83. The van der Waals surface area contributed by atoms with Gasteiger partial charge in [0.1, 0.15) is 5.82 Å². The number of anilines is 2. The highest BCUT2D eigenvalue weighted by atomic mass is 19.1. The molecule has 0 saturated heterocycles. The third-order valence-corrected chi connectivity index (χ3v) is 5.42. The lowest BCUT2D eigenvalue weighted by Crippen LogP contribution is -2.25. The van der Waals surface area contributed by atoms with E-state index in [4.69, 9.17) is 4.98 Å². The molecule has 0 saturated carbocycles. The second kappa shape index (κ2) is 7.71. The maximum atomic E-state index is 13.5. The zero-order valence-electron chi connectivity index (χ0n) is 17.0. The fourth-order valence-corrected chi connectivity index (χ4v) is 3.96. The molecule has 1 aliphatic rings. The molecule has 8 heteroatoms. The number of hydrogen-bond donors (Lipinski definition) is 1. The van der Waals surface area contributed by atoms with Crippen LogP contribution in [0, 0.1) is 5.82 Å². The molecule has 0 aliphatic carbocycles. The van der Waals surface area contributed by atoms with Crippen molar-refractivity contribution in [1.82, 2.24) is 19.3 Å². The van der Waals surface area contributed by atoms with Crippen molar-refractivity contribution < 1.29 is 4.39 Å². The van der Waals surface area contributed by atoms with Crippen LogP contribution in [-0.4, -0.2) is 26.4 Å². The van der Waals surface area contributed by atoms with Crippen LogP contribution in [0.25, 0.3) is 22.5 Å². The van der Waals surface area contributed by atoms with Gasteiger partial charge in [-0.2, -0.15) is 0 Å². The average Bonchev–Trinajstić information content (AvgIpc) is 3.37. The Kier molecular flexibility index (Phi) is 4.74. The van der Waals surface area contributed by atoms with Gasteiger partial charge in [0.05, 0.1) is 22.6 Å². The van der Waals surface area contributed by atoms with Crippen LogP contribution in [0.3, 0.4) is 0 Å². The molecule has 1 N–H and O–H groups in total. The summed E-state index contributed by atoms with van der Waals surface area (Å²) in [6.07, 6.45) is 2.56. The zero-order chi connectivity index (χ0) is 21.4. The van der Waals surface area contributed by atoms with E-state index < -0.39 is 0 Å². The molecule has 7 nitrogen and oxygen atoms in total. The van der Waals surface area contributed by atoms with Gasteiger partial charge in [-0.3, -0.25) is 19.9 Å². The van der Waals surface area contributed by atoms with E-state index in [1.54, 1.807) is 29.1 Å². The SMILES string of the molecule is CN(Nc1nccc(-c2c(-c3ccc(F)cc3)c(=O)n3n2CCC3)n1)c1ccccc1. The molecule has 3 heterocycles. The number of hydrazine groups is 1. The molecule has 0 radical (unpaired) electrons. The molecule has 1 aliphatic heterocycles. The Morgan fingerprint density at radius 1 is 1.00 bits per heavy atom. The summed E-state index contributed by atoms with van der Waals surface area (Å²) < 4.78 is 17.2. The second-order valence-corrected chi connectivity index (χ2v) is 7.41. The van der Waals surface area contributed by atoms with E-state index in [1.807, 2.05) is 47.1 Å². The molecule has 31 heavy (non-hydrogen) atoms. The number of nitrogens with zero attached hydrogens (tertiary/aromatic N) is 5. The van der Waals surface area contributed by atoms with Crippen molar-refractivity contribution in [1.29, 1.82) is 0 Å². The molecular weight excluding hydrogens is 395 g/mol. The molecule has 0 spiro atoms. The summed E-state index contributed by atoms with van der Waals surface area (Å²) in [5.74, 6) is 0.0783. The minimum atomic E-state index is -0.338. The van der Waals surface area contributed by atoms with Gasteiger partial charge in [0.25, 0.3) is 5.56 Å². The summed E-state index contributed by atoms with van der Waals surface area (Å²) in [4.78, 5) is 22.2. The maximum Gasteiger partial charge on any atom is 0.275 e. The zero-order valence-corrected chi connectivity index (χ0v) is 17.0. The van der Waals surface area contributed by atoms with Crippen molar-refractivity contribution in [2.75, 3.05) is 17.5 Å². The van der Waals surface area contributed by atoms with Crippen LogP contribution >= 0.6 is 0 Å². The van der Waals surface area contributed by atoms with Gasteiger partial charge in [0.15, 0.2) is 0 Å². The molecule has 156 valence electrons. The van der Waals surface area contributed by atoms with Gasteiger partial charge < -0.3 is 0 Å². The predicted molar refractivity (Wildman–Crippen MR) is 118 cm³/mol. The van der Waals surface area contributed by atoms with Gasteiger partial charge in [-0.15, -0.1) is 0 Å². The van der Waals surface area contributed by atoms with Crippen LogP contribution in [0.5, 0.6) is 0 Å². The smallest absolute Gasteiger partial charge is 0.275 e. The van der Waals surface area contributed by atoms with Gasteiger partial charge in [-0.25, -0.2) is 19.0 Å². The highest BCUT2D eigenvalue weighted by molar-refractivity contribution is 5.79.